The fourth-order valence-electron chi connectivity index (χ4n) is 5.53. The predicted octanol–water partition coefficient (Wildman–Crippen LogP) is 5.77. The highest BCUT2D eigenvalue weighted by atomic mass is 19.1. The number of halogens is 1. The largest absolute Gasteiger partial charge is 0.481 e. The van der Waals surface area contributed by atoms with Crippen LogP contribution >= 0.6 is 0 Å². The second kappa shape index (κ2) is 10.4. The number of likely N-dealkylation sites (tertiary alicyclic amines) is 1. The molecule has 0 spiro atoms. The maximum atomic E-state index is 15.3. The monoisotopic (exact) mass is 504 g/mol. The summed E-state index contributed by atoms with van der Waals surface area (Å²) in [6.07, 6.45) is 8.59. The molecule has 5 rings (SSSR count). The molecule has 194 valence electrons. The van der Waals surface area contributed by atoms with Gasteiger partial charge in [-0.25, -0.2) is 13.9 Å². The molecule has 1 fully saturated rings. The summed E-state index contributed by atoms with van der Waals surface area (Å²) in [5.74, 6) is -1.74. The van der Waals surface area contributed by atoms with Crippen LogP contribution in [0.25, 0.3) is 22.5 Å². The standard InChI is InChI=1S/C29H33FN4O3/c1-3-22-16-26(28(35)33-13-6-4-5-8-18(33)2)31-27-17-25(32-34(22)27)23-12-11-20(15-24(23)30)19-9-7-10-21(14-19)29(36)37/h9,11-12,15-18,21H,3-8,10,13-14H2,1-2H3,(H,36,37)/t18-,21?/m1/s1. The van der Waals surface area contributed by atoms with E-state index in [1.54, 1.807) is 22.7 Å². The number of fused-ring (bicyclic) bond motifs is 1. The smallest absolute Gasteiger partial charge is 0.306 e. The molecule has 37 heavy (non-hydrogen) atoms. The van der Waals surface area contributed by atoms with E-state index in [9.17, 15) is 14.7 Å². The number of rotatable bonds is 5. The Balaban J connectivity index is 1.46. The number of allylic oxidation sites excluding steroid dienone is 2. The predicted molar refractivity (Wildman–Crippen MR) is 140 cm³/mol. The second-order valence-corrected chi connectivity index (χ2v) is 10.2. The van der Waals surface area contributed by atoms with Crippen LogP contribution in [0.4, 0.5) is 4.39 Å². The van der Waals surface area contributed by atoms with Gasteiger partial charge in [-0.15, -0.1) is 0 Å². The van der Waals surface area contributed by atoms with Gasteiger partial charge < -0.3 is 10.0 Å². The fourth-order valence-corrected chi connectivity index (χ4v) is 5.53. The van der Waals surface area contributed by atoms with Crippen molar-refractivity contribution in [3.05, 3.63) is 59.2 Å². The van der Waals surface area contributed by atoms with Gasteiger partial charge in [0.1, 0.15) is 11.5 Å². The molecule has 8 heteroatoms. The summed E-state index contributed by atoms with van der Waals surface area (Å²) >= 11 is 0. The first-order valence-corrected chi connectivity index (χ1v) is 13.3. The lowest BCUT2D eigenvalue weighted by atomic mass is 9.85. The molecule has 1 amide bonds. The number of aliphatic carboxylic acids is 1. The molecule has 7 nitrogen and oxygen atoms in total. The molecule has 1 N–H and O–H groups in total. The van der Waals surface area contributed by atoms with Gasteiger partial charge in [0.05, 0.1) is 11.6 Å². The number of amides is 1. The minimum absolute atomic E-state index is 0.0645. The number of hydrogen-bond acceptors (Lipinski definition) is 4. The molecule has 1 aromatic carbocycles. The van der Waals surface area contributed by atoms with Crippen molar-refractivity contribution in [1.82, 2.24) is 19.5 Å². The summed E-state index contributed by atoms with van der Waals surface area (Å²) in [5, 5.41) is 14.0. The van der Waals surface area contributed by atoms with Crippen LogP contribution in [0.2, 0.25) is 0 Å². The number of benzene rings is 1. The normalized spacial score (nSPS) is 20.5. The van der Waals surface area contributed by atoms with Gasteiger partial charge in [-0.3, -0.25) is 9.59 Å². The Morgan fingerprint density at radius 1 is 1.14 bits per heavy atom. The van der Waals surface area contributed by atoms with Crippen molar-refractivity contribution >= 4 is 23.1 Å². The van der Waals surface area contributed by atoms with Gasteiger partial charge >= 0.3 is 5.97 Å². The Morgan fingerprint density at radius 3 is 2.73 bits per heavy atom. The summed E-state index contributed by atoms with van der Waals surface area (Å²) < 4.78 is 17.0. The lowest BCUT2D eigenvalue weighted by Gasteiger charge is -2.27. The Hall–Kier alpha value is -3.55. The molecule has 2 atom stereocenters. The van der Waals surface area contributed by atoms with Crippen LogP contribution in [0.1, 0.15) is 80.5 Å². The fraction of sp³-hybridized carbons (Fsp3) is 0.448. The molecule has 1 aliphatic heterocycles. The highest BCUT2D eigenvalue weighted by molar-refractivity contribution is 5.93. The quantitative estimate of drug-likeness (QED) is 0.477. The molecule has 2 aliphatic rings. The molecular weight excluding hydrogens is 471 g/mol. The number of nitrogens with zero attached hydrogens (tertiary/aromatic N) is 4. The third kappa shape index (κ3) is 5.02. The van der Waals surface area contributed by atoms with Crippen LogP contribution in [-0.2, 0) is 11.2 Å². The third-order valence-electron chi connectivity index (χ3n) is 7.73. The summed E-state index contributed by atoms with van der Waals surface area (Å²) in [6.45, 7) is 4.83. The van der Waals surface area contributed by atoms with E-state index in [1.165, 1.54) is 6.07 Å². The van der Waals surface area contributed by atoms with Crippen LogP contribution < -0.4 is 0 Å². The summed E-state index contributed by atoms with van der Waals surface area (Å²) in [5.41, 5.74) is 4.10. The maximum absolute atomic E-state index is 15.3. The Morgan fingerprint density at radius 2 is 1.97 bits per heavy atom. The molecule has 0 saturated carbocycles. The zero-order chi connectivity index (χ0) is 26.1. The molecule has 2 aromatic heterocycles. The Labute approximate surface area is 216 Å². The zero-order valence-corrected chi connectivity index (χ0v) is 21.4. The third-order valence-corrected chi connectivity index (χ3v) is 7.73. The van der Waals surface area contributed by atoms with E-state index < -0.39 is 17.7 Å². The molecule has 1 saturated heterocycles. The van der Waals surface area contributed by atoms with Gasteiger partial charge in [0.15, 0.2) is 5.65 Å². The van der Waals surface area contributed by atoms with Crippen molar-refractivity contribution in [1.29, 1.82) is 0 Å². The van der Waals surface area contributed by atoms with Gasteiger partial charge in [0.25, 0.3) is 5.91 Å². The lowest BCUT2D eigenvalue weighted by Crippen LogP contribution is -2.38. The number of aryl methyl sites for hydroxylation is 1. The zero-order valence-electron chi connectivity index (χ0n) is 21.4. The molecule has 3 aromatic rings. The topological polar surface area (TPSA) is 87.8 Å². The van der Waals surface area contributed by atoms with E-state index in [4.69, 9.17) is 0 Å². The minimum Gasteiger partial charge on any atom is -0.481 e. The van der Waals surface area contributed by atoms with E-state index in [0.29, 0.717) is 53.8 Å². The van der Waals surface area contributed by atoms with E-state index in [1.807, 2.05) is 24.0 Å². The number of carbonyl (C=O) groups excluding carboxylic acids is 1. The summed E-state index contributed by atoms with van der Waals surface area (Å²) in [6, 6.07) is 8.67. The van der Waals surface area contributed by atoms with Crippen LogP contribution in [0.15, 0.2) is 36.4 Å². The van der Waals surface area contributed by atoms with Gasteiger partial charge in [0, 0.05) is 29.9 Å². The summed E-state index contributed by atoms with van der Waals surface area (Å²) in [4.78, 5) is 31.4. The highest BCUT2D eigenvalue weighted by Gasteiger charge is 2.26. The first-order valence-electron chi connectivity index (χ1n) is 13.3. The maximum Gasteiger partial charge on any atom is 0.306 e. The lowest BCUT2D eigenvalue weighted by molar-refractivity contribution is -0.141. The average Bonchev–Trinajstić information content (AvgIpc) is 3.21. The van der Waals surface area contributed by atoms with Crippen LogP contribution in [0.5, 0.6) is 0 Å². The van der Waals surface area contributed by atoms with Crippen molar-refractivity contribution in [3.8, 4) is 11.3 Å². The molecule has 1 unspecified atom stereocenters. The van der Waals surface area contributed by atoms with Crippen molar-refractivity contribution in [3.63, 3.8) is 0 Å². The Kier molecular flexibility index (Phi) is 7.09. The number of hydrogen-bond donors (Lipinski definition) is 1. The second-order valence-electron chi connectivity index (χ2n) is 10.2. The van der Waals surface area contributed by atoms with E-state index in [-0.39, 0.29) is 11.9 Å². The van der Waals surface area contributed by atoms with Crippen molar-refractivity contribution < 1.29 is 19.1 Å². The van der Waals surface area contributed by atoms with Gasteiger partial charge in [-0.1, -0.05) is 31.9 Å². The van der Waals surface area contributed by atoms with Crippen LogP contribution in [0, 0.1) is 11.7 Å². The first-order chi connectivity index (χ1) is 17.9. The van der Waals surface area contributed by atoms with Crippen molar-refractivity contribution in [2.45, 2.75) is 71.3 Å². The molecular formula is C29H33FN4O3. The number of carbonyl (C=O) groups is 2. The van der Waals surface area contributed by atoms with Gasteiger partial charge in [-0.2, -0.15) is 5.10 Å². The first kappa shape index (κ1) is 25.1. The molecule has 3 heterocycles. The summed E-state index contributed by atoms with van der Waals surface area (Å²) in [7, 11) is 0. The van der Waals surface area contributed by atoms with E-state index in [2.05, 4.69) is 17.0 Å². The number of carboxylic acids is 1. The van der Waals surface area contributed by atoms with E-state index in [0.717, 1.165) is 43.5 Å². The Bertz CT molecular complexity index is 1380. The van der Waals surface area contributed by atoms with Crippen LogP contribution in [-0.4, -0.2) is 49.1 Å². The van der Waals surface area contributed by atoms with Crippen LogP contribution in [0.3, 0.4) is 0 Å². The van der Waals surface area contributed by atoms with Gasteiger partial charge in [0.2, 0.25) is 0 Å². The number of aromatic nitrogens is 3. The molecule has 1 aliphatic carbocycles. The highest BCUT2D eigenvalue weighted by Crippen LogP contribution is 2.33. The van der Waals surface area contributed by atoms with E-state index >= 15 is 4.39 Å². The average molecular weight is 505 g/mol. The van der Waals surface area contributed by atoms with Gasteiger partial charge in [-0.05, 0) is 74.8 Å². The SMILES string of the molecule is CCc1cc(C(=O)N2CCCCC[C@H]2C)nc2cc(-c3ccc(C4=CCCC(C(=O)O)C4)cc3F)nn12. The van der Waals surface area contributed by atoms with Crippen molar-refractivity contribution in [2.24, 2.45) is 5.92 Å². The minimum atomic E-state index is -0.810. The number of carboxylic acid groups (broad SMARTS) is 1. The molecule has 0 radical (unpaired) electrons. The molecule has 0 bridgehead atoms. The van der Waals surface area contributed by atoms with Crippen molar-refractivity contribution in [2.75, 3.05) is 6.54 Å².